The first kappa shape index (κ1) is 18.1. The predicted molar refractivity (Wildman–Crippen MR) is 101 cm³/mol. The Balaban J connectivity index is 1.82. The van der Waals surface area contributed by atoms with Gasteiger partial charge in [0.1, 0.15) is 10.8 Å². The van der Waals surface area contributed by atoms with E-state index in [1.165, 1.54) is 0 Å². The van der Waals surface area contributed by atoms with Crippen molar-refractivity contribution in [2.45, 2.75) is 20.0 Å². The molecule has 1 heterocycles. The summed E-state index contributed by atoms with van der Waals surface area (Å²) in [5.41, 5.74) is 2.65. The maximum absolute atomic E-state index is 12.6. The summed E-state index contributed by atoms with van der Waals surface area (Å²) in [5, 5.41) is 10.4. The standard InChI is InChI=1S/C18H20NO4PS/c1-3-22-24(21,23-4-2)12-13-5-7-14(8-6-13)18-19-16-11-15(20)9-10-17(16)25-18/h5-11,20H,3-4,12H2,1-2H3. The van der Waals surface area contributed by atoms with Crippen LogP contribution in [0.25, 0.3) is 20.8 Å². The average Bonchev–Trinajstić information content (AvgIpc) is 2.99. The lowest BCUT2D eigenvalue weighted by molar-refractivity contribution is 0.219. The fourth-order valence-corrected chi connectivity index (χ4v) is 5.19. The van der Waals surface area contributed by atoms with Crippen LogP contribution in [-0.2, 0) is 19.8 Å². The average molecular weight is 377 g/mol. The number of aromatic hydroxyl groups is 1. The van der Waals surface area contributed by atoms with E-state index in [1.807, 2.05) is 30.3 Å². The quantitative estimate of drug-likeness (QED) is 0.556. The van der Waals surface area contributed by atoms with Gasteiger partial charge in [0.15, 0.2) is 0 Å². The van der Waals surface area contributed by atoms with Crippen molar-refractivity contribution in [2.75, 3.05) is 13.2 Å². The van der Waals surface area contributed by atoms with Crippen molar-refractivity contribution in [2.24, 2.45) is 0 Å². The van der Waals surface area contributed by atoms with Crippen molar-refractivity contribution in [1.82, 2.24) is 4.98 Å². The van der Waals surface area contributed by atoms with Crippen molar-refractivity contribution < 1.29 is 18.7 Å². The smallest absolute Gasteiger partial charge is 0.335 e. The molecule has 0 saturated carbocycles. The van der Waals surface area contributed by atoms with Crippen molar-refractivity contribution in [1.29, 1.82) is 0 Å². The molecule has 132 valence electrons. The molecule has 0 atom stereocenters. The van der Waals surface area contributed by atoms with E-state index in [2.05, 4.69) is 4.98 Å². The number of hydrogen-bond acceptors (Lipinski definition) is 6. The van der Waals surface area contributed by atoms with Gasteiger partial charge in [-0.25, -0.2) is 4.98 Å². The van der Waals surface area contributed by atoms with E-state index in [-0.39, 0.29) is 11.9 Å². The molecule has 1 aromatic heterocycles. The number of hydrogen-bond donors (Lipinski definition) is 1. The minimum Gasteiger partial charge on any atom is -0.508 e. The summed E-state index contributed by atoms with van der Waals surface area (Å²) < 4.78 is 24.3. The minimum absolute atomic E-state index is 0.210. The molecule has 0 amide bonds. The van der Waals surface area contributed by atoms with Crippen LogP contribution in [0.4, 0.5) is 0 Å². The summed E-state index contributed by atoms with van der Waals surface area (Å²) in [6.07, 6.45) is 0.253. The Labute approximate surface area is 150 Å². The highest BCUT2D eigenvalue weighted by molar-refractivity contribution is 7.53. The largest absolute Gasteiger partial charge is 0.508 e. The van der Waals surface area contributed by atoms with Crippen LogP contribution in [0.1, 0.15) is 19.4 Å². The Morgan fingerprint density at radius 1 is 1.08 bits per heavy atom. The molecule has 0 spiro atoms. The minimum atomic E-state index is -3.10. The van der Waals surface area contributed by atoms with Crippen LogP contribution < -0.4 is 0 Å². The van der Waals surface area contributed by atoms with Crippen LogP contribution in [0.2, 0.25) is 0 Å². The second-order valence-electron chi connectivity index (χ2n) is 5.47. The highest BCUT2D eigenvalue weighted by atomic mass is 32.1. The van der Waals surface area contributed by atoms with Crippen LogP contribution >= 0.6 is 18.9 Å². The lowest BCUT2D eigenvalue weighted by Crippen LogP contribution is -1.99. The molecule has 0 bridgehead atoms. The topological polar surface area (TPSA) is 68.7 Å². The number of thiazole rings is 1. The van der Waals surface area contributed by atoms with Crippen molar-refractivity contribution in [3.63, 3.8) is 0 Å². The normalized spacial score (nSPS) is 11.9. The molecule has 0 unspecified atom stereocenters. The van der Waals surface area contributed by atoms with E-state index in [4.69, 9.17) is 9.05 Å². The maximum Gasteiger partial charge on any atom is 0.335 e. The molecule has 7 heteroatoms. The molecular formula is C18H20NO4PS. The third kappa shape index (κ3) is 4.28. The van der Waals surface area contributed by atoms with Crippen molar-refractivity contribution in [3.05, 3.63) is 48.0 Å². The molecule has 5 nitrogen and oxygen atoms in total. The molecule has 2 aromatic carbocycles. The molecule has 1 N–H and O–H groups in total. The predicted octanol–water partition coefficient (Wildman–Crippen LogP) is 5.44. The Kier molecular flexibility index (Phi) is 5.54. The van der Waals surface area contributed by atoms with Crippen LogP contribution in [0.5, 0.6) is 5.75 Å². The second-order valence-corrected chi connectivity index (χ2v) is 8.56. The van der Waals surface area contributed by atoms with E-state index in [9.17, 15) is 9.67 Å². The summed E-state index contributed by atoms with van der Waals surface area (Å²) in [4.78, 5) is 4.56. The zero-order chi connectivity index (χ0) is 17.9. The van der Waals surface area contributed by atoms with Gasteiger partial charge in [-0.2, -0.15) is 0 Å². The first-order chi connectivity index (χ1) is 12.0. The SMILES string of the molecule is CCOP(=O)(Cc1ccc(-c2nc3cc(O)ccc3s2)cc1)OCC. The number of nitrogens with zero attached hydrogens (tertiary/aromatic N) is 1. The molecule has 0 saturated heterocycles. The molecule has 0 fully saturated rings. The number of aromatic nitrogens is 1. The summed E-state index contributed by atoms with van der Waals surface area (Å²) >= 11 is 1.57. The Morgan fingerprint density at radius 2 is 1.76 bits per heavy atom. The van der Waals surface area contributed by atoms with E-state index >= 15 is 0 Å². The van der Waals surface area contributed by atoms with Crippen molar-refractivity contribution in [3.8, 4) is 16.3 Å². The lowest BCUT2D eigenvalue weighted by Gasteiger charge is -2.17. The van der Waals surface area contributed by atoms with Gasteiger partial charge in [-0.3, -0.25) is 4.57 Å². The Morgan fingerprint density at radius 3 is 2.40 bits per heavy atom. The molecule has 0 aliphatic rings. The van der Waals surface area contributed by atoms with Crippen LogP contribution in [0.3, 0.4) is 0 Å². The number of rotatable bonds is 7. The highest BCUT2D eigenvalue weighted by Gasteiger charge is 2.24. The van der Waals surface area contributed by atoms with E-state index in [1.54, 1.807) is 37.3 Å². The number of benzene rings is 2. The van der Waals surface area contributed by atoms with Crippen molar-refractivity contribution >= 4 is 29.1 Å². The Bertz CT molecular complexity index is 897. The first-order valence-electron chi connectivity index (χ1n) is 8.10. The van der Waals surface area contributed by atoms with Crippen LogP contribution in [0, 0.1) is 0 Å². The van der Waals surface area contributed by atoms with Gasteiger partial charge in [-0.05, 0) is 31.5 Å². The van der Waals surface area contributed by atoms with E-state index in [0.29, 0.717) is 13.2 Å². The highest BCUT2D eigenvalue weighted by Crippen LogP contribution is 2.51. The van der Waals surface area contributed by atoms with E-state index in [0.717, 1.165) is 26.4 Å². The van der Waals surface area contributed by atoms with Crippen LogP contribution in [0.15, 0.2) is 42.5 Å². The zero-order valence-corrected chi connectivity index (χ0v) is 15.8. The molecule has 0 radical (unpaired) electrons. The third-order valence-electron chi connectivity index (χ3n) is 3.60. The molecule has 3 rings (SSSR count). The third-order valence-corrected chi connectivity index (χ3v) is 6.74. The fraction of sp³-hybridized carbons (Fsp3) is 0.278. The zero-order valence-electron chi connectivity index (χ0n) is 14.1. The summed E-state index contributed by atoms with van der Waals surface area (Å²) in [5.74, 6) is 0.210. The van der Waals surface area contributed by atoms with Crippen LogP contribution in [-0.4, -0.2) is 23.3 Å². The Hall–Kier alpha value is -1.72. The van der Waals surface area contributed by atoms with Gasteiger partial charge < -0.3 is 14.2 Å². The number of phenols is 1. The van der Waals surface area contributed by atoms with Gasteiger partial charge in [0.2, 0.25) is 0 Å². The number of phenolic OH excluding ortho intramolecular Hbond substituents is 1. The van der Waals surface area contributed by atoms with E-state index < -0.39 is 7.60 Å². The summed E-state index contributed by atoms with van der Waals surface area (Å²) in [6.45, 7) is 4.32. The summed E-state index contributed by atoms with van der Waals surface area (Å²) in [6, 6.07) is 12.9. The number of fused-ring (bicyclic) bond motifs is 1. The molecule has 0 aliphatic heterocycles. The van der Waals surface area contributed by atoms with Gasteiger partial charge in [0.05, 0.1) is 29.6 Å². The van der Waals surface area contributed by atoms with Gasteiger partial charge in [-0.15, -0.1) is 11.3 Å². The monoisotopic (exact) mass is 377 g/mol. The fourth-order valence-electron chi connectivity index (χ4n) is 2.54. The van der Waals surface area contributed by atoms with Gasteiger partial charge in [-0.1, -0.05) is 24.3 Å². The molecular weight excluding hydrogens is 357 g/mol. The van der Waals surface area contributed by atoms with Gasteiger partial charge in [0, 0.05) is 11.6 Å². The second kappa shape index (κ2) is 7.67. The molecule has 25 heavy (non-hydrogen) atoms. The molecule has 0 aliphatic carbocycles. The van der Waals surface area contributed by atoms with Gasteiger partial charge >= 0.3 is 7.60 Å². The lowest BCUT2D eigenvalue weighted by atomic mass is 10.2. The van der Waals surface area contributed by atoms with Gasteiger partial charge in [0.25, 0.3) is 0 Å². The summed E-state index contributed by atoms with van der Waals surface area (Å²) in [7, 11) is -3.10. The molecule has 3 aromatic rings. The maximum atomic E-state index is 12.6. The first-order valence-corrected chi connectivity index (χ1v) is 10.6.